The molecule has 126 valence electrons. The monoisotopic (exact) mass is 333 g/mol. The van der Waals surface area contributed by atoms with E-state index in [4.69, 9.17) is 4.74 Å². The molecule has 0 bridgehead atoms. The molecule has 0 radical (unpaired) electrons. The number of carbonyl (C=O) groups is 1. The fourth-order valence-electron chi connectivity index (χ4n) is 3.05. The highest BCUT2D eigenvalue weighted by atomic mass is 16.6. The Kier molecular flexibility index (Phi) is 3.84. The fourth-order valence-corrected chi connectivity index (χ4v) is 3.05. The Hall–Kier alpha value is -2.95. The van der Waals surface area contributed by atoms with Gasteiger partial charge in [-0.2, -0.15) is 5.10 Å². The van der Waals surface area contributed by atoms with Crippen molar-refractivity contribution in [2.24, 2.45) is 0 Å². The Morgan fingerprint density at radius 1 is 1.20 bits per heavy atom. The summed E-state index contributed by atoms with van der Waals surface area (Å²) >= 11 is 0. The molecule has 5 nitrogen and oxygen atoms in total. The Bertz CT molecular complexity index is 885. The molecule has 0 aliphatic heterocycles. The van der Waals surface area contributed by atoms with E-state index in [0.29, 0.717) is 5.56 Å². The Morgan fingerprint density at radius 3 is 2.64 bits per heavy atom. The predicted molar refractivity (Wildman–Crippen MR) is 93.6 cm³/mol. The van der Waals surface area contributed by atoms with E-state index in [1.807, 2.05) is 37.3 Å². The van der Waals surface area contributed by atoms with Crippen LogP contribution < -0.4 is 0 Å². The predicted octanol–water partition coefficient (Wildman–Crippen LogP) is 3.51. The van der Waals surface area contributed by atoms with E-state index in [-0.39, 0.29) is 11.6 Å². The molecule has 0 spiro atoms. The Labute approximate surface area is 146 Å². The second kappa shape index (κ2) is 6.16. The molecule has 0 N–H and O–H groups in total. The number of nitrogens with zero attached hydrogens (tertiary/aromatic N) is 3. The van der Waals surface area contributed by atoms with E-state index in [1.165, 1.54) is 11.9 Å². The lowest BCUT2D eigenvalue weighted by atomic mass is 10.1. The molecule has 3 aromatic rings. The van der Waals surface area contributed by atoms with Gasteiger partial charge in [0.2, 0.25) is 0 Å². The van der Waals surface area contributed by atoms with Crippen LogP contribution in [0.15, 0.2) is 61.2 Å². The number of carbonyl (C=O) groups excluding carboxylic acids is 1. The number of rotatable bonds is 5. The van der Waals surface area contributed by atoms with Gasteiger partial charge in [-0.05, 0) is 49.1 Å². The number of benzene rings is 2. The first-order chi connectivity index (χ1) is 12.2. The molecule has 4 rings (SSSR count). The molecule has 25 heavy (non-hydrogen) atoms. The van der Waals surface area contributed by atoms with Gasteiger partial charge in [-0.25, -0.2) is 14.5 Å². The molecule has 1 heterocycles. The lowest BCUT2D eigenvalue weighted by Crippen LogP contribution is -2.22. The summed E-state index contributed by atoms with van der Waals surface area (Å²) in [4.78, 5) is 16.5. The molecular weight excluding hydrogens is 314 g/mol. The summed E-state index contributed by atoms with van der Waals surface area (Å²) in [7, 11) is 0. The summed E-state index contributed by atoms with van der Waals surface area (Å²) in [6.07, 6.45) is 5.74. The van der Waals surface area contributed by atoms with Crippen molar-refractivity contribution in [1.82, 2.24) is 14.8 Å². The van der Waals surface area contributed by atoms with Gasteiger partial charge in [-0.3, -0.25) is 0 Å². The third-order valence-electron chi connectivity index (χ3n) is 4.58. The van der Waals surface area contributed by atoms with E-state index in [2.05, 4.69) is 22.2 Å². The molecule has 1 aliphatic carbocycles. The van der Waals surface area contributed by atoms with E-state index in [0.717, 1.165) is 30.5 Å². The average Bonchev–Trinajstić information content (AvgIpc) is 3.15. The van der Waals surface area contributed by atoms with Gasteiger partial charge in [0.15, 0.2) is 0 Å². The zero-order valence-corrected chi connectivity index (χ0v) is 14.1. The van der Waals surface area contributed by atoms with Crippen molar-refractivity contribution >= 4 is 5.97 Å². The van der Waals surface area contributed by atoms with Crippen LogP contribution in [0.3, 0.4) is 0 Å². The van der Waals surface area contributed by atoms with Gasteiger partial charge in [0.05, 0.1) is 11.3 Å². The van der Waals surface area contributed by atoms with Gasteiger partial charge in [0, 0.05) is 6.42 Å². The molecule has 0 amide bonds. The van der Waals surface area contributed by atoms with E-state index in [1.54, 1.807) is 17.1 Å². The summed E-state index contributed by atoms with van der Waals surface area (Å²) in [5, 5.41) is 4.13. The smallest absolute Gasteiger partial charge is 0.338 e. The van der Waals surface area contributed by atoms with Crippen molar-refractivity contribution in [1.29, 1.82) is 0 Å². The van der Waals surface area contributed by atoms with Crippen LogP contribution >= 0.6 is 0 Å². The van der Waals surface area contributed by atoms with Crippen molar-refractivity contribution in [3.05, 3.63) is 77.9 Å². The molecule has 5 heteroatoms. The summed E-state index contributed by atoms with van der Waals surface area (Å²) in [6, 6.07) is 15.7. The fraction of sp³-hybridized carbons (Fsp3) is 0.250. The first-order valence-electron chi connectivity index (χ1n) is 8.38. The molecule has 1 fully saturated rings. The summed E-state index contributed by atoms with van der Waals surface area (Å²) in [6.45, 7) is 1.95. The minimum Gasteiger partial charge on any atom is -0.455 e. The number of aryl methyl sites for hydroxylation is 1. The molecule has 0 saturated heterocycles. The molecular formula is C20H19N3O2. The van der Waals surface area contributed by atoms with Gasteiger partial charge in [0.1, 0.15) is 18.3 Å². The van der Waals surface area contributed by atoms with Crippen molar-refractivity contribution in [3.63, 3.8) is 0 Å². The topological polar surface area (TPSA) is 57.0 Å². The second-order valence-electron chi connectivity index (χ2n) is 6.58. The van der Waals surface area contributed by atoms with Gasteiger partial charge < -0.3 is 4.74 Å². The van der Waals surface area contributed by atoms with Crippen molar-refractivity contribution in [2.45, 2.75) is 31.8 Å². The summed E-state index contributed by atoms with van der Waals surface area (Å²) in [5.41, 5.74) is 3.29. The van der Waals surface area contributed by atoms with Gasteiger partial charge in [-0.15, -0.1) is 0 Å². The van der Waals surface area contributed by atoms with E-state index >= 15 is 0 Å². The lowest BCUT2D eigenvalue weighted by molar-refractivity contribution is 0.0228. The van der Waals surface area contributed by atoms with Crippen LogP contribution in [0, 0.1) is 6.92 Å². The third kappa shape index (κ3) is 3.31. The van der Waals surface area contributed by atoms with Crippen molar-refractivity contribution < 1.29 is 9.53 Å². The normalized spacial score (nSPS) is 14.9. The van der Waals surface area contributed by atoms with Crippen LogP contribution in [-0.2, 0) is 11.2 Å². The Balaban J connectivity index is 1.49. The maximum absolute atomic E-state index is 12.6. The van der Waals surface area contributed by atoms with E-state index in [9.17, 15) is 4.79 Å². The van der Waals surface area contributed by atoms with Crippen LogP contribution in [0.1, 0.15) is 34.3 Å². The molecule has 1 saturated carbocycles. The highest BCUT2D eigenvalue weighted by Crippen LogP contribution is 2.43. The van der Waals surface area contributed by atoms with Crippen LogP contribution in [0.5, 0.6) is 0 Å². The van der Waals surface area contributed by atoms with Gasteiger partial charge in [0.25, 0.3) is 0 Å². The Morgan fingerprint density at radius 2 is 2.00 bits per heavy atom. The summed E-state index contributed by atoms with van der Waals surface area (Å²) in [5.74, 6) is -0.262. The molecule has 2 aromatic carbocycles. The minimum atomic E-state index is -0.336. The third-order valence-corrected chi connectivity index (χ3v) is 4.58. The van der Waals surface area contributed by atoms with Crippen LogP contribution in [-0.4, -0.2) is 26.3 Å². The van der Waals surface area contributed by atoms with Crippen LogP contribution in [0.2, 0.25) is 0 Å². The zero-order chi connectivity index (χ0) is 17.3. The van der Waals surface area contributed by atoms with Crippen LogP contribution in [0.4, 0.5) is 0 Å². The number of hydrogen-bond acceptors (Lipinski definition) is 4. The maximum atomic E-state index is 12.6. The molecule has 1 aromatic heterocycles. The zero-order valence-electron chi connectivity index (χ0n) is 14.1. The molecule has 0 unspecified atom stereocenters. The van der Waals surface area contributed by atoms with Gasteiger partial charge in [-0.1, -0.05) is 30.3 Å². The summed E-state index contributed by atoms with van der Waals surface area (Å²) < 4.78 is 7.53. The SMILES string of the molecule is Cc1cc(C(=O)OC2(Cc3ccccc3)CC2)ccc1-n1cncn1. The first-order valence-corrected chi connectivity index (χ1v) is 8.38. The van der Waals surface area contributed by atoms with Gasteiger partial charge >= 0.3 is 5.97 Å². The second-order valence-corrected chi connectivity index (χ2v) is 6.58. The molecule has 0 atom stereocenters. The number of aromatic nitrogens is 3. The lowest BCUT2D eigenvalue weighted by Gasteiger charge is -2.17. The number of hydrogen-bond donors (Lipinski definition) is 0. The van der Waals surface area contributed by atoms with Crippen LogP contribution in [0.25, 0.3) is 5.69 Å². The molecule has 1 aliphatic rings. The minimum absolute atomic E-state index is 0.262. The average molecular weight is 333 g/mol. The largest absolute Gasteiger partial charge is 0.455 e. The highest BCUT2D eigenvalue weighted by molar-refractivity contribution is 5.90. The standard InChI is InChI=1S/C20H19N3O2/c1-15-11-17(7-8-18(15)23-14-21-13-22-23)19(24)25-20(9-10-20)12-16-5-3-2-4-6-16/h2-8,11,13-14H,9-10,12H2,1H3. The quantitative estimate of drug-likeness (QED) is 0.671. The first kappa shape index (κ1) is 15.6. The number of esters is 1. The van der Waals surface area contributed by atoms with Crippen molar-refractivity contribution in [2.75, 3.05) is 0 Å². The maximum Gasteiger partial charge on any atom is 0.338 e. The van der Waals surface area contributed by atoms with E-state index < -0.39 is 0 Å². The van der Waals surface area contributed by atoms with Crippen molar-refractivity contribution in [3.8, 4) is 5.69 Å². The number of ether oxygens (including phenoxy) is 1. The highest BCUT2D eigenvalue weighted by Gasteiger charge is 2.46.